The number of hydrogen-bond acceptors (Lipinski definition) is 5. The van der Waals surface area contributed by atoms with E-state index in [1.54, 1.807) is 0 Å². The van der Waals surface area contributed by atoms with Crippen LogP contribution < -0.4 is 22.3 Å². The molecule has 1 heterocycles. The van der Waals surface area contributed by atoms with Gasteiger partial charge in [-0.2, -0.15) is 0 Å². The first-order chi connectivity index (χ1) is 9.31. The van der Waals surface area contributed by atoms with Gasteiger partial charge in [0.15, 0.2) is 0 Å². The predicted molar refractivity (Wildman–Crippen MR) is 80.7 cm³/mol. The molecule has 0 bridgehead atoms. The lowest BCUT2D eigenvalue weighted by Crippen LogP contribution is -2.44. The third kappa shape index (κ3) is 3.13. The lowest BCUT2D eigenvalue weighted by molar-refractivity contribution is -0.119. The third-order valence-corrected chi connectivity index (χ3v) is 3.25. The summed E-state index contributed by atoms with van der Waals surface area (Å²) in [7, 11) is 2.76. The first-order valence-electron chi connectivity index (χ1n) is 6.20. The zero-order valence-electron chi connectivity index (χ0n) is 11.7. The van der Waals surface area contributed by atoms with Crippen LogP contribution in [-0.4, -0.2) is 20.0 Å². The number of thiocarbonyl (C=S) groups is 1. The molecule has 7 nitrogen and oxygen atoms in total. The van der Waals surface area contributed by atoms with E-state index in [1.165, 1.54) is 14.1 Å². The number of carbonyl (C=O) groups excluding carboxylic acids is 1. The molecular formula is C12H18N4O3S. The van der Waals surface area contributed by atoms with Crippen LogP contribution in [0.5, 0.6) is 0 Å². The Kier molecular flexibility index (Phi) is 5.20. The summed E-state index contributed by atoms with van der Waals surface area (Å²) in [5.41, 5.74) is 4.54. The van der Waals surface area contributed by atoms with Gasteiger partial charge in [-0.1, -0.05) is 25.6 Å². The van der Waals surface area contributed by atoms with E-state index in [0.29, 0.717) is 6.42 Å². The Morgan fingerprint density at radius 3 is 2.45 bits per heavy atom. The highest BCUT2D eigenvalue weighted by Gasteiger charge is 2.18. The molecule has 8 heteroatoms. The average molecular weight is 298 g/mol. The van der Waals surface area contributed by atoms with Crippen LogP contribution in [0.1, 0.15) is 31.7 Å². The first-order valence-corrected chi connectivity index (χ1v) is 6.61. The third-order valence-electron chi connectivity index (χ3n) is 2.95. The van der Waals surface area contributed by atoms with E-state index in [4.69, 9.17) is 18.0 Å². The summed E-state index contributed by atoms with van der Waals surface area (Å²) < 4.78 is 2.01. The maximum absolute atomic E-state index is 12.0. The molecule has 0 radical (unpaired) electrons. The summed E-state index contributed by atoms with van der Waals surface area (Å²) in [6, 6.07) is 0. The van der Waals surface area contributed by atoms with Crippen LogP contribution in [0, 0.1) is 0 Å². The maximum Gasteiger partial charge on any atom is 0.332 e. The van der Waals surface area contributed by atoms with Crippen molar-refractivity contribution in [2.45, 2.75) is 26.2 Å². The monoisotopic (exact) mass is 298 g/mol. The molecule has 0 aliphatic heterocycles. The predicted octanol–water partition coefficient (Wildman–Crippen LogP) is -0.352. The van der Waals surface area contributed by atoms with E-state index in [1.807, 2.05) is 6.92 Å². The second-order valence-electron chi connectivity index (χ2n) is 4.45. The number of nitrogens with two attached hydrogens (primary N) is 1. The smallest absolute Gasteiger partial charge is 0.332 e. The van der Waals surface area contributed by atoms with Gasteiger partial charge in [0.1, 0.15) is 16.4 Å². The number of aromatic nitrogens is 2. The molecule has 0 fully saturated rings. The lowest BCUT2D eigenvalue weighted by atomic mass is 10.2. The minimum atomic E-state index is -0.619. The summed E-state index contributed by atoms with van der Waals surface area (Å²) in [5.74, 6) is -0.328. The van der Waals surface area contributed by atoms with Crippen LogP contribution in [-0.2, 0) is 18.9 Å². The number of nitrogens with one attached hydrogen (secondary N) is 1. The Bertz CT molecular complexity index is 660. The van der Waals surface area contributed by atoms with Crippen molar-refractivity contribution in [1.29, 1.82) is 0 Å². The molecule has 0 saturated carbocycles. The Balaban J connectivity index is 3.15. The maximum atomic E-state index is 12.0. The molecule has 3 N–H and O–H groups in total. The fourth-order valence-electron chi connectivity index (χ4n) is 1.66. The quantitative estimate of drug-likeness (QED) is 0.740. The fraction of sp³-hybridized carbons (Fsp3) is 0.500. The molecule has 0 aliphatic carbocycles. The number of hydrogen-bond donors (Lipinski definition) is 2. The van der Waals surface area contributed by atoms with Crippen molar-refractivity contribution >= 4 is 28.9 Å². The molecule has 0 unspecified atom stereocenters. The second kappa shape index (κ2) is 6.47. The highest BCUT2D eigenvalue weighted by atomic mass is 32.1. The zero-order valence-corrected chi connectivity index (χ0v) is 12.5. The van der Waals surface area contributed by atoms with Crippen molar-refractivity contribution in [2.24, 2.45) is 14.1 Å². The minimum Gasteiger partial charge on any atom is -0.384 e. The topological polar surface area (TPSA) is 99.1 Å². The van der Waals surface area contributed by atoms with Gasteiger partial charge in [-0.05, 0) is 6.42 Å². The summed E-state index contributed by atoms with van der Waals surface area (Å²) in [6.45, 7) is 1.96. The molecule has 1 rings (SSSR count). The summed E-state index contributed by atoms with van der Waals surface area (Å²) in [4.78, 5) is 35.3. The Hall–Kier alpha value is -1.96. The van der Waals surface area contributed by atoms with Crippen LogP contribution >= 0.6 is 12.2 Å². The molecule has 1 aromatic heterocycles. The van der Waals surface area contributed by atoms with Crippen molar-refractivity contribution in [3.8, 4) is 0 Å². The molecular weight excluding hydrogens is 280 g/mol. The van der Waals surface area contributed by atoms with Crippen LogP contribution in [0.2, 0.25) is 0 Å². The lowest BCUT2D eigenvalue weighted by Gasteiger charge is -2.12. The summed E-state index contributed by atoms with van der Waals surface area (Å²) in [5, 5.41) is 2.47. The minimum absolute atomic E-state index is 0.0329. The van der Waals surface area contributed by atoms with Crippen LogP contribution in [0.15, 0.2) is 9.59 Å². The summed E-state index contributed by atoms with van der Waals surface area (Å²) in [6.07, 6.45) is 1.93. The number of unbranched alkanes of at least 4 members (excludes halogenated alkanes) is 1. The van der Waals surface area contributed by atoms with Gasteiger partial charge in [0.05, 0.1) is 0 Å². The van der Waals surface area contributed by atoms with Crippen LogP contribution in [0.4, 0.5) is 5.82 Å². The Morgan fingerprint density at radius 1 is 1.30 bits per heavy atom. The molecule has 1 aromatic rings. The van der Waals surface area contributed by atoms with E-state index < -0.39 is 11.2 Å². The number of amides is 1. The van der Waals surface area contributed by atoms with Gasteiger partial charge in [-0.3, -0.25) is 18.7 Å². The zero-order chi connectivity index (χ0) is 15.4. The van der Waals surface area contributed by atoms with Crippen molar-refractivity contribution in [1.82, 2.24) is 14.5 Å². The van der Waals surface area contributed by atoms with Gasteiger partial charge in [-0.15, -0.1) is 0 Å². The summed E-state index contributed by atoms with van der Waals surface area (Å²) >= 11 is 5.04. The first kappa shape index (κ1) is 16.1. The fourth-order valence-corrected chi connectivity index (χ4v) is 1.97. The van der Waals surface area contributed by atoms with Gasteiger partial charge >= 0.3 is 5.69 Å². The molecule has 20 heavy (non-hydrogen) atoms. The largest absolute Gasteiger partial charge is 0.384 e. The molecule has 0 atom stereocenters. The number of nitrogens with zero attached hydrogens (tertiary/aromatic N) is 2. The average Bonchev–Trinajstić information content (AvgIpc) is 2.40. The van der Waals surface area contributed by atoms with Crippen molar-refractivity contribution in [2.75, 3.05) is 5.73 Å². The molecule has 0 aliphatic rings. The number of nitrogen functional groups attached to an aromatic ring is 1. The number of carbonyl (C=O) groups is 1. The Morgan fingerprint density at radius 2 is 1.90 bits per heavy atom. The number of anilines is 1. The second-order valence-corrected chi connectivity index (χ2v) is 4.86. The van der Waals surface area contributed by atoms with E-state index in [0.717, 1.165) is 22.0 Å². The Labute approximate surface area is 121 Å². The molecule has 1 amide bonds. The SMILES string of the molecule is CCCCC(=O)NC(=S)c1c(N)n(C)c(=O)n(C)c1=O. The molecule has 0 saturated heterocycles. The van der Waals surface area contributed by atoms with Crippen molar-refractivity contribution in [3.05, 3.63) is 26.4 Å². The van der Waals surface area contributed by atoms with E-state index in [2.05, 4.69) is 5.32 Å². The van der Waals surface area contributed by atoms with E-state index in [-0.39, 0.29) is 22.3 Å². The van der Waals surface area contributed by atoms with Gasteiger partial charge in [-0.25, -0.2) is 4.79 Å². The standard InChI is InChI=1S/C12H18N4O3S/c1-4-5-6-7(17)14-10(20)8-9(13)15(2)12(19)16(3)11(8)18/h4-6,13H2,1-3H3,(H,14,17,20). The van der Waals surface area contributed by atoms with E-state index in [9.17, 15) is 14.4 Å². The van der Waals surface area contributed by atoms with Gasteiger partial charge in [0.2, 0.25) is 5.91 Å². The highest BCUT2D eigenvalue weighted by Crippen LogP contribution is 2.04. The van der Waals surface area contributed by atoms with Crippen LogP contribution in [0.25, 0.3) is 0 Å². The highest BCUT2D eigenvalue weighted by molar-refractivity contribution is 7.80. The number of rotatable bonds is 4. The van der Waals surface area contributed by atoms with Gasteiger partial charge < -0.3 is 11.1 Å². The van der Waals surface area contributed by atoms with Gasteiger partial charge in [0.25, 0.3) is 5.56 Å². The molecule has 0 aromatic carbocycles. The molecule has 110 valence electrons. The molecule has 0 spiro atoms. The van der Waals surface area contributed by atoms with Crippen molar-refractivity contribution < 1.29 is 4.79 Å². The van der Waals surface area contributed by atoms with Crippen LogP contribution in [0.3, 0.4) is 0 Å². The van der Waals surface area contributed by atoms with E-state index >= 15 is 0 Å². The van der Waals surface area contributed by atoms with Gasteiger partial charge in [0, 0.05) is 20.5 Å². The normalized spacial score (nSPS) is 10.3. The van der Waals surface area contributed by atoms with Crippen molar-refractivity contribution in [3.63, 3.8) is 0 Å².